The highest BCUT2D eigenvalue weighted by Crippen LogP contribution is 2.36. The minimum Gasteiger partial charge on any atom is -0.497 e. The largest absolute Gasteiger partial charge is 0.497 e. The Balaban J connectivity index is 1.59. The zero-order chi connectivity index (χ0) is 18.3. The third kappa shape index (κ3) is 2.87. The zero-order valence-electron chi connectivity index (χ0n) is 15.6. The summed E-state index contributed by atoms with van der Waals surface area (Å²) >= 11 is 0. The van der Waals surface area contributed by atoms with Crippen molar-refractivity contribution in [2.75, 3.05) is 7.11 Å². The SMILES string of the molecule is COc1ccc2[nH]c3c(c2c1)CCCC3NC(=O)Cn1c(C)ccc1C. The normalized spacial score (nSPS) is 16.5. The predicted molar refractivity (Wildman–Crippen MR) is 103 cm³/mol. The zero-order valence-corrected chi connectivity index (χ0v) is 15.6. The maximum absolute atomic E-state index is 12.6. The van der Waals surface area contributed by atoms with Gasteiger partial charge in [-0.15, -0.1) is 0 Å². The molecule has 0 aliphatic heterocycles. The van der Waals surface area contributed by atoms with Gasteiger partial charge in [0.15, 0.2) is 0 Å². The number of methoxy groups -OCH3 is 1. The predicted octanol–water partition coefficient (Wildman–Crippen LogP) is 3.79. The minimum absolute atomic E-state index is 0.0424. The molecule has 1 aliphatic rings. The molecule has 3 aromatic rings. The molecule has 0 bridgehead atoms. The maximum atomic E-state index is 12.6. The number of nitrogens with zero attached hydrogens (tertiary/aromatic N) is 1. The third-order valence-electron chi connectivity index (χ3n) is 5.47. The van der Waals surface area contributed by atoms with E-state index in [2.05, 4.69) is 27.0 Å². The molecule has 1 aromatic carbocycles. The Morgan fingerprint density at radius 3 is 2.77 bits per heavy atom. The fourth-order valence-corrected chi connectivity index (χ4v) is 4.05. The number of fused-ring (bicyclic) bond motifs is 3. The number of aromatic amines is 1. The summed E-state index contributed by atoms with van der Waals surface area (Å²) in [6, 6.07) is 10.2. The van der Waals surface area contributed by atoms with Gasteiger partial charge in [0.1, 0.15) is 12.3 Å². The number of aryl methyl sites for hydroxylation is 3. The van der Waals surface area contributed by atoms with Crippen LogP contribution in [0.2, 0.25) is 0 Å². The molecule has 26 heavy (non-hydrogen) atoms. The molecule has 4 rings (SSSR count). The maximum Gasteiger partial charge on any atom is 0.240 e. The average molecular weight is 351 g/mol. The molecule has 2 heterocycles. The summed E-state index contributed by atoms with van der Waals surface area (Å²) in [6.07, 6.45) is 3.07. The molecular weight excluding hydrogens is 326 g/mol. The Labute approximate surface area is 153 Å². The van der Waals surface area contributed by atoms with Gasteiger partial charge in [0.05, 0.1) is 13.2 Å². The molecule has 1 aliphatic carbocycles. The molecule has 136 valence electrons. The Morgan fingerprint density at radius 2 is 2.04 bits per heavy atom. The molecule has 1 unspecified atom stereocenters. The van der Waals surface area contributed by atoms with Crippen LogP contribution in [0.4, 0.5) is 0 Å². The first kappa shape index (κ1) is 16.8. The number of rotatable bonds is 4. The van der Waals surface area contributed by atoms with E-state index in [1.54, 1.807) is 7.11 Å². The molecule has 2 aromatic heterocycles. The van der Waals surface area contributed by atoms with Crippen LogP contribution in [-0.2, 0) is 17.8 Å². The first-order valence-electron chi connectivity index (χ1n) is 9.17. The van der Waals surface area contributed by atoms with Crippen molar-refractivity contribution in [1.82, 2.24) is 14.9 Å². The number of benzene rings is 1. The molecule has 1 atom stereocenters. The van der Waals surface area contributed by atoms with Gasteiger partial charge in [0, 0.05) is 28.0 Å². The van der Waals surface area contributed by atoms with Gasteiger partial charge in [-0.3, -0.25) is 4.79 Å². The fraction of sp³-hybridized carbons (Fsp3) is 0.381. The van der Waals surface area contributed by atoms with Gasteiger partial charge in [0.2, 0.25) is 5.91 Å². The third-order valence-corrected chi connectivity index (χ3v) is 5.47. The highest BCUT2D eigenvalue weighted by atomic mass is 16.5. The van der Waals surface area contributed by atoms with Gasteiger partial charge >= 0.3 is 0 Å². The van der Waals surface area contributed by atoms with E-state index in [0.29, 0.717) is 6.54 Å². The van der Waals surface area contributed by atoms with Crippen molar-refractivity contribution < 1.29 is 9.53 Å². The summed E-state index contributed by atoms with van der Waals surface area (Å²) < 4.78 is 7.42. The van der Waals surface area contributed by atoms with Crippen molar-refractivity contribution in [1.29, 1.82) is 0 Å². The van der Waals surface area contributed by atoms with Crippen LogP contribution in [0.3, 0.4) is 0 Å². The van der Waals surface area contributed by atoms with Crippen LogP contribution in [-0.4, -0.2) is 22.6 Å². The lowest BCUT2D eigenvalue weighted by atomic mass is 9.91. The smallest absolute Gasteiger partial charge is 0.240 e. The molecule has 1 amide bonds. The Morgan fingerprint density at radius 1 is 1.27 bits per heavy atom. The number of aromatic nitrogens is 2. The van der Waals surface area contributed by atoms with Crippen molar-refractivity contribution in [3.05, 3.63) is 53.0 Å². The number of hydrogen-bond donors (Lipinski definition) is 2. The lowest BCUT2D eigenvalue weighted by molar-refractivity contribution is -0.122. The summed E-state index contributed by atoms with van der Waals surface area (Å²) in [7, 11) is 1.69. The fourth-order valence-electron chi connectivity index (χ4n) is 4.05. The second-order valence-electron chi connectivity index (χ2n) is 7.14. The highest BCUT2D eigenvalue weighted by molar-refractivity contribution is 5.87. The number of carbonyl (C=O) groups is 1. The van der Waals surface area contributed by atoms with E-state index in [1.807, 2.05) is 32.0 Å². The molecule has 0 fully saturated rings. The summed E-state index contributed by atoms with van der Waals surface area (Å²) in [4.78, 5) is 16.2. The Bertz CT molecular complexity index is 948. The quantitative estimate of drug-likeness (QED) is 0.751. The monoisotopic (exact) mass is 351 g/mol. The highest BCUT2D eigenvalue weighted by Gasteiger charge is 2.26. The van der Waals surface area contributed by atoms with E-state index in [0.717, 1.165) is 47.6 Å². The summed E-state index contributed by atoms with van der Waals surface area (Å²) in [5.41, 5.74) is 5.78. The number of H-pyrrole nitrogens is 1. The number of nitrogens with one attached hydrogen (secondary N) is 2. The van der Waals surface area contributed by atoms with Crippen LogP contribution in [0.25, 0.3) is 10.9 Å². The van der Waals surface area contributed by atoms with Gasteiger partial charge in [-0.05, 0) is 69.0 Å². The minimum atomic E-state index is 0.0424. The van der Waals surface area contributed by atoms with Crippen molar-refractivity contribution in [2.24, 2.45) is 0 Å². The van der Waals surface area contributed by atoms with Crippen molar-refractivity contribution in [3.63, 3.8) is 0 Å². The van der Waals surface area contributed by atoms with Gasteiger partial charge in [-0.2, -0.15) is 0 Å². The first-order chi connectivity index (χ1) is 12.6. The lowest BCUT2D eigenvalue weighted by Crippen LogP contribution is -2.33. The van der Waals surface area contributed by atoms with Gasteiger partial charge in [-0.25, -0.2) is 0 Å². The molecule has 0 saturated heterocycles. The van der Waals surface area contributed by atoms with Crippen LogP contribution >= 0.6 is 0 Å². The molecular formula is C21H25N3O2. The number of amides is 1. The van der Waals surface area contributed by atoms with E-state index in [4.69, 9.17) is 4.74 Å². The van der Waals surface area contributed by atoms with Crippen molar-refractivity contribution in [2.45, 2.75) is 45.7 Å². The summed E-state index contributed by atoms with van der Waals surface area (Å²) in [5, 5.41) is 4.44. The van der Waals surface area contributed by atoms with Crippen LogP contribution in [0.5, 0.6) is 5.75 Å². The van der Waals surface area contributed by atoms with Crippen LogP contribution in [0.1, 0.15) is 41.5 Å². The number of carbonyl (C=O) groups excluding carboxylic acids is 1. The summed E-state index contributed by atoms with van der Waals surface area (Å²) in [5.74, 6) is 0.922. The Kier molecular flexibility index (Phi) is 4.23. The van der Waals surface area contributed by atoms with E-state index in [-0.39, 0.29) is 11.9 Å². The number of ether oxygens (including phenoxy) is 1. The first-order valence-corrected chi connectivity index (χ1v) is 9.17. The molecule has 5 heteroatoms. The molecule has 0 saturated carbocycles. The van der Waals surface area contributed by atoms with E-state index >= 15 is 0 Å². The summed E-state index contributed by atoms with van der Waals surface area (Å²) in [6.45, 7) is 4.43. The molecule has 5 nitrogen and oxygen atoms in total. The Hall–Kier alpha value is -2.69. The van der Waals surface area contributed by atoms with E-state index < -0.39 is 0 Å². The molecule has 2 N–H and O–H groups in total. The van der Waals surface area contributed by atoms with Crippen molar-refractivity contribution in [3.8, 4) is 5.75 Å². The van der Waals surface area contributed by atoms with Crippen LogP contribution in [0, 0.1) is 13.8 Å². The second kappa shape index (κ2) is 6.56. The van der Waals surface area contributed by atoms with Crippen molar-refractivity contribution >= 4 is 16.8 Å². The van der Waals surface area contributed by atoms with Crippen LogP contribution in [0.15, 0.2) is 30.3 Å². The van der Waals surface area contributed by atoms with Gasteiger partial charge in [-0.1, -0.05) is 0 Å². The number of hydrogen-bond acceptors (Lipinski definition) is 2. The second-order valence-corrected chi connectivity index (χ2v) is 7.14. The molecule has 0 radical (unpaired) electrons. The van der Waals surface area contributed by atoms with Gasteiger partial charge in [0.25, 0.3) is 0 Å². The van der Waals surface area contributed by atoms with Gasteiger partial charge < -0.3 is 19.6 Å². The topological polar surface area (TPSA) is 59.0 Å². The van der Waals surface area contributed by atoms with E-state index in [9.17, 15) is 4.79 Å². The lowest BCUT2D eigenvalue weighted by Gasteiger charge is -2.24. The molecule has 0 spiro atoms. The van der Waals surface area contributed by atoms with E-state index in [1.165, 1.54) is 10.9 Å². The standard InChI is InChI=1S/C21H25N3O2/c1-13-7-8-14(2)24(13)12-20(25)22-19-6-4-5-16-17-11-15(26-3)9-10-18(17)23-21(16)19/h7-11,19,23H,4-6,12H2,1-3H3,(H,22,25). The average Bonchev–Trinajstić information content (AvgIpc) is 3.16. The van der Waals surface area contributed by atoms with Crippen LogP contribution < -0.4 is 10.1 Å².